The number of benzene rings is 2. The normalized spacial score (nSPS) is 11.3. The van der Waals surface area contributed by atoms with Crippen LogP contribution in [-0.4, -0.2) is 9.55 Å². The van der Waals surface area contributed by atoms with Gasteiger partial charge in [0.05, 0.1) is 17.1 Å². The van der Waals surface area contributed by atoms with Crippen LogP contribution < -0.4 is 0 Å². The molecule has 0 N–H and O–H groups in total. The molecule has 2 nitrogen and oxygen atoms in total. The largest absolute Gasteiger partial charge is 0.295 e. The van der Waals surface area contributed by atoms with Gasteiger partial charge in [-0.3, -0.25) is 4.57 Å². The highest BCUT2D eigenvalue weighted by atomic mass is 35.5. The molecular weight excluding hydrogens is 294 g/mol. The van der Waals surface area contributed by atoms with Gasteiger partial charge in [-0.05, 0) is 31.0 Å². The zero-order valence-corrected chi connectivity index (χ0v) is 12.4. The summed E-state index contributed by atoms with van der Waals surface area (Å²) in [7, 11) is 0. The van der Waals surface area contributed by atoms with Crippen LogP contribution in [0.2, 0.25) is 0 Å². The van der Waals surface area contributed by atoms with E-state index in [1.807, 2.05) is 32.0 Å². The Kier molecular flexibility index (Phi) is 3.41. The van der Waals surface area contributed by atoms with Gasteiger partial charge in [-0.1, -0.05) is 12.1 Å². The van der Waals surface area contributed by atoms with E-state index in [-0.39, 0.29) is 11.4 Å². The highest BCUT2D eigenvalue weighted by molar-refractivity contribution is 6.17. The quantitative estimate of drug-likeness (QED) is 0.630. The van der Waals surface area contributed by atoms with Crippen molar-refractivity contribution in [3.8, 4) is 5.69 Å². The number of imidazole rings is 1. The van der Waals surface area contributed by atoms with Crippen LogP contribution in [-0.2, 0) is 5.88 Å². The van der Waals surface area contributed by atoms with Crippen molar-refractivity contribution < 1.29 is 8.78 Å². The molecule has 0 spiro atoms. The number of hydrogen-bond donors (Lipinski definition) is 0. The molecule has 0 radical (unpaired) electrons. The summed E-state index contributed by atoms with van der Waals surface area (Å²) in [5.74, 6) is -0.707. The van der Waals surface area contributed by atoms with Crippen LogP contribution in [0.5, 0.6) is 0 Å². The van der Waals surface area contributed by atoms with Gasteiger partial charge >= 0.3 is 0 Å². The van der Waals surface area contributed by atoms with Crippen molar-refractivity contribution in [2.75, 3.05) is 0 Å². The molecule has 5 heteroatoms. The van der Waals surface area contributed by atoms with E-state index in [2.05, 4.69) is 4.98 Å². The van der Waals surface area contributed by atoms with Crippen LogP contribution in [0.25, 0.3) is 16.7 Å². The summed E-state index contributed by atoms with van der Waals surface area (Å²) in [6.07, 6.45) is 0. The van der Waals surface area contributed by atoms with Crippen molar-refractivity contribution in [3.05, 3.63) is 58.9 Å². The first-order valence-electron chi connectivity index (χ1n) is 6.52. The predicted octanol–water partition coefficient (Wildman–Crippen LogP) is 4.66. The lowest BCUT2D eigenvalue weighted by Gasteiger charge is -2.13. The molecule has 0 saturated heterocycles. The highest BCUT2D eigenvalue weighted by Gasteiger charge is 2.17. The van der Waals surface area contributed by atoms with Crippen LogP contribution in [0.15, 0.2) is 30.3 Å². The van der Waals surface area contributed by atoms with Crippen LogP contribution >= 0.6 is 11.6 Å². The summed E-state index contributed by atoms with van der Waals surface area (Å²) < 4.78 is 29.2. The number of rotatable bonds is 2. The van der Waals surface area contributed by atoms with Gasteiger partial charge in [-0.25, -0.2) is 13.8 Å². The molecule has 0 aliphatic rings. The van der Waals surface area contributed by atoms with E-state index in [0.717, 1.165) is 22.9 Å². The van der Waals surface area contributed by atoms with Crippen LogP contribution in [0, 0.1) is 25.5 Å². The number of aromatic nitrogens is 2. The number of hydrogen-bond acceptors (Lipinski definition) is 1. The van der Waals surface area contributed by atoms with Gasteiger partial charge in [0, 0.05) is 12.1 Å². The van der Waals surface area contributed by atoms with E-state index in [4.69, 9.17) is 11.6 Å². The summed E-state index contributed by atoms with van der Waals surface area (Å²) in [4.78, 5) is 4.21. The minimum absolute atomic E-state index is 0.114. The summed E-state index contributed by atoms with van der Waals surface area (Å²) in [5, 5.41) is 0. The van der Waals surface area contributed by atoms with E-state index < -0.39 is 11.6 Å². The topological polar surface area (TPSA) is 17.8 Å². The molecule has 108 valence electrons. The van der Waals surface area contributed by atoms with E-state index in [0.29, 0.717) is 11.3 Å². The number of fused-ring (bicyclic) bond motifs is 1. The van der Waals surface area contributed by atoms with E-state index in [9.17, 15) is 8.78 Å². The minimum atomic E-state index is -0.680. The average molecular weight is 307 g/mol. The summed E-state index contributed by atoms with van der Waals surface area (Å²) >= 11 is 5.94. The third kappa shape index (κ3) is 2.20. The van der Waals surface area contributed by atoms with Gasteiger partial charge in [0.1, 0.15) is 17.2 Å². The molecule has 0 amide bonds. The molecule has 3 aromatic rings. The van der Waals surface area contributed by atoms with Gasteiger partial charge < -0.3 is 0 Å². The molecule has 0 aliphatic carbocycles. The summed E-state index contributed by atoms with van der Waals surface area (Å²) in [6.45, 7) is 3.95. The van der Waals surface area contributed by atoms with Crippen molar-refractivity contribution >= 4 is 22.6 Å². The van der Waals surface area contributed by atoms with E-state index in [1.54, 1.807) is 4.57 Å². The molecule has 1 heterocycles. The number of nitrogens with zero attached hydrogens (tertiary/aromatic N) is 2. The first-order chi connectivity index (χ1) is 10.0. The van der Waals surface area contributed by atoms with Gasteiger partial charge in [0.2, 0.25) is 0 Å². The molecule has 1 aromatic heterocycles. The van der Waals surface area contributed by atoms with Crippen molar-refractivity contribution in [1.82, 2.24) is 9.55 Å². The fourth-order valence-corrected chi connectivity index (χ4v) is 2.67. The Morgan fingerprint density at radius 1 is 1.19 bits per heavy atom. The smallest absolute Gasteiger partial charge is 0.153 e. The molecule has 3 rings (SSSR count). The van der Waals surface area contributed by atoms with E-state index in [1.165, 1.54) is 6.07 Å². The highest BCUT2D eigenvalue weighted by Crippen LogP contribution is 2.28. The van der Waals surface area contributed by atoms with E-state index >= 15 is 0 Å². The maximum Gasteiger partial charge on any atom is 0.153 e. The van der Waals surface area contributed by atoms with Crippen molar-refractivity contribution in [2.24, 2.45) is 0 Å². The molecule has 0 saturated carbocycles. The first-order valence-corrected chi connectivity index (χ1v) is 7.05. The molecule has 2 aromatic carbocycles. The van der Waals surface area contributed by atoms with Gasteiger partial charge in [-0.15, -0.1) is 11.6 Å². The Morgan fingerprint density at radius 2 is 1.95 bits per heavy atom. The predicted molar refractivity (Wildman–Crippen MR) is 80.0 cm³/mol. The maximum absolute atomic E-state index is 13.9. The molecule has 0 atom stereocenters. The number of halogens is 3. The maximum atomic E-state index is 13.9. The Morgan fingerprint density at radius 3 is 2.67 bits per heavy atom. The molecular formula is C16H13ClF2N2. The Bertz CT molecular complexity index is 840. The van der Waals surface area contributed by atoms with Gasteiger partial charge in [0.15, 0.2) is 5.82 Å². The molecule has 0 unspecified atom stereocenters. The second-order valence-electron chi connectivity index (χ2n) is 4.97. The Balaban J connectivity index is 2.43. The Labute approximate surface area is 126 Å². The zero-order chi connectivity index (χ0) is 15.1. The molecule has 0 fully saturated rings. The summed E-state index contributed by atoms with van der Waals surface area (Å²) in [5.41, 5.74) is 3.46. The van der Waals surface area contributed by atoms with Crippen LogP contribution in [0.3, 0.4) is 0 Å². The summed E-state index contributed by atoms with van der Waals surface area (Å²) in [6, 6.07) is 7.89. The number of alkyl halides is 1. The zero-order valence-electron chi connectivity index (χ0n) is 11.6. The Hall–Kier alpha value is -1.94. The third-order valence-corrected chi connectivity index (χ3v) is 3.92. The van der Waals surface area contributed by atoms with Gasteiger partial charge in [0.25, 0.3) is 0 Å². The monoisotopic (exact) mass is 306 g/mol. The molecule has 21 heavy (non-hydrogen) atoms. The van der Waals surface area contributed by atoms with Gasteiger partial charge in [-0.2, -0.15) is 0 Å². The molecule has 0 bridgehead atoms. The SMILES string of the molecule is Cc1cccc(-n2c(CCl)nc3c(F)cc(F)cc32)c1C. The lowest BCUT2D eigenvalue weighted by atomic mass is 10.1. The molecule has 0 aliphatic heterocycles. The van der Waals surface area contributed by atoms with Crippen LogP contribution in [0.1, 0.15) is 17.0 Å². The number of aryl methyl sites for hydroxylation is 1. The van der Waals surface area contributed by atoms with Crippen molar-refractivity contribution in [2.45, 2.75) is 19.7 Å². The third-order valence-electron chi connectivity index (χ3n) is 3.68. The second kappa shape index (κ2) is 5.11. The second-order valence-corrected chi connectivity index (χ2v) is 5.24. The average Bonchev–Trinajstić information content (AvgIpc) is 2.80. The van der Waals surface area contributed by atoms with Crippen LogP contribution in [0.4, 0.5) is 8.78 Å². The lowest BCUT2D eigenvalue weighted by molar-refractivity contribution is 0.590. The lowest BCUT2D eigenvalue weighted by Crippen LogP contribution is -2.02. The first kappa shape index (κ1) is 14.0. The standard InChI is InChI=1S/C16H13ClF2N2/c1-9-4-3-5-13(10(9)2)21-14-7-11(18)6-12(19)16(14)20-15(21)8-17/h3-7H,8H2,1-2H3. The minimum Gasteiger partial charge on any atom is -0.295 e. The van der Waals surface area contributed by atoms with Crippen molar-refractivity contribution in [1.29, 1.82) is 0 Å². The fraction of sp³-hybridized carbons (Fsp3) is 0.188. The fourth-order valence-electron chi connectivity index (χ4n) is 2.49. The van der Waals surface area contributed by atoms with Crippen molar-refractivity contribution in [3.63, 3.8) is 0 Å².